The lowest BCUT2D eigenvalue weighted by atomic mass is 10.3. The summed E-state index contributed by atoms with van der Waals surface area (Å²) in [4.78, 5) is 23.2. The molecule has 4 nitrogen and oxygen atoms in total. The van der Waals surface area contributed by atoms with Gasteiger partial charge in [-0.2, -0.15) is 11.8 Å². The summed E-state index contributed by atoms with van der Waals surface area (Å²) in [7, 11) is 1.52. The summed E-state index contributed by atoms with van der Waals surface area (Å²) in [6, 6.07) is -0.746. The molecule has 82 valence electrons. The predicted octanol–water partition coefficient (Wildman–Crippen LogP) is 1.06. The Morgan fingerprint density at radius 2 is 2.07 bits per heavy atom. The molecule has 1 atom stereocenters. The van der Waals surface area contributed by atoms with Crippen LogP contribution in [0.5, 0.6) is 0 Å². The number of hydrogen-bond donors (Lipinski definition) is 1. The minimum atomic E-state index is -0.971. The number of likely N-dealkylation sites (N-methyl/N-ethyl adjacent to an activating group) is 1. The van der Waals surface area contributed by atoms with Crippen LogP contribution in [-0.4, -0.2) is 46.5 Å². The highest BCUT2D eigenvalue weighted by Crippen LogP contribution is 2.05. The molecule has 0 radical (unpaired) electrons. The van der Waals surface area contributed by atoms with E-state index in [9.17, 15) is 9.59 Å². The molecule has 1 amide bonds. The van der Waals surface area contributed by atoms with Gasteiger partial charge < -0.3 is 10.0 Å². The number of nitrogens with zero attached hydrogens (tertiary/aromatic N) is 1. The van der Waals surface area contributed by atoms with E-state index in [0.29, 0.717) is 5.75 Å². The molecular formula is C9H17NO3S. The minimum Gasteiger partial charge on any atom is -0.480 e. The van der Waals surface area contributed by atoms with Crippen LogP contribution in [0.1, 0.15) is 20.3 Å². The third kappa shape index (κ3) is 4.50. The van der Waals surface area contributed by atoms with Gasteiger partial charge in [0.25, 0.3) is 0 Å². The lowest BCUT2D eigenvalue weighted by Crippen LogP contribution is -2.41. The van der Waals surface area contributed by atoms with E-state index in [2.05, 4.69) is 0 Å². The number of rotatable bonds is 6. The number of carbonyl (C=O) groups is 2. The zero-order valence-electron chi connectivity index (χ0n) is 8.82. The first-order chi connectivity index (χ1) is 6.50. The Bertz CT molecular complexity index is 208. The minimum absolute atomic E-state index is 0.127. The van der Waals surface area contributed by atoms with Crippen molar-refractivity contribution < 1.29 is 14.7 Å². The van der Waals surface area contributed by atoms with Crippen molar-refractivity contribution in [2.24, 2.45) is 0 Å². The molecule has 0 spiro atoms. The normalized spacial score (nSPS) is 12.2. The van der Waals surface area contributed by atoms with Gasteiger partial charge >= 0.3 is 5.97 Å². The number of carboxylic acids is 1. The van der Waals surface area contributed by atoms with Crippen LogP contribution in [0, 0.1) is 0 Å². The Morgan fingerprint density at radius 1 is 1.50 bits per heavy atom. The van der Waals surface area contributed by atoms with E-state index in [0.717, 1.165) is 12.2 Å². The Hall–Kier alpha value is -0.710. The van der Waals surface area contributed by atoms with Crippen LogP contribution in [0.3, 0.4) is 0 Å². The van der Waals surface area contributed by atoms with E-state index in [1.54, 1.807) is 0 Å². The van der Waals surface area contributed by atoms with Crippen molar-refractivity contribution in [3.63, 3.8) is 0 Å². The highest BCUT2D eigenvalue weighted by Gasteiger charge is 2.20. The van der Waals surface area contributed by atoms with Gasteiger partial charge in [0.15, 0.2) is 0 Å². The summed E-state index contributed by atoms with van der Waals surface area (Å²) in [5, 5.41) is 8.67. The maximum atomic E-state index is 11.4. The second-order valence-electron chi connectivity index (χ2n) is 3.07. The zero-order chi connectivity index (χ0) is 11.1. The molecule has 0 fully saturated rings. The van der Waals surface area contributed by atoms with Crippen molar-refractivity contribution in [1.29, 1.82) is 0 Å². The van der Waals surface area contributed by atoms with Crippen molar-refractivity contribution in [2.45, 2.75) is 26.3 Å². The molecular weight excluding hydrogens is 202 g/mol. The molecule has 0 aromatic heterocycles. The third-order valence-electron chi connectivity index (χ3n) is 1.91. The first kappa shape index (κ1) is 13.3. The molecule has 0 rings (SSSR count). The third-order valence-corrected chi connectivity index (χ3v) is 3.05. The first-order valence-electron chi connectivity index (χ1n) is 4.56. The summed E-state index contributed by atoms with van der Waals surface area (Å²) in [6.07, 6.45) is 1.02. The van der Waals surface area contributed by atoms with E-state index in [-0.39, 0.29) is 5.91 Å². The molecule has 1 unspecified atom stereocenters. The molecule has 0 saturated heterocycles. The number of amides is 1. The van der Waals surface area contributed by atoms with Gasteiger partial charge in [-0.25, -0.2) is 4.79 Å². The predicted molar refractivity (Wildman–Crippen MR) is 57.5 cm³/mol. The van der Waals surface area contributed by atoms with Crippen molar-refractivity contribution in [3.8, 4) is 0 Å². The molecule has 1 N–H and O–H groups in total. The van der Waals surface area contributed by atoms with Crippen molar-refractivity contribution in [3.05, 3.63) is 0 Å². The van der Waals surface area contributed by atoms with Gasteiger partial charge in [0, 0.05) is 7.05 Å². The summed E-state index contributed by atoms with van der Waals surface area (Å²) in [5.74, 6) is 0.197. The number of hydrogen-bond acceptors (Lipinski definition) is 3. The Balaban J connectivity index is 3.92. The van der Waals surface area contributed by atoms with Gasteiger partial charge in [-0.1, -0.05) is 6.92 Å². The molecule has 0 bridgehead atoms. The molecule has 0 aromatic rings. The van der Waals surface area contributed by atoms with E-state index >= 15 is 0 Å². The van der Waals surface area contributed by atoms with E-state index in [1.807, 2.05) is 6.92 Å². The summed E-state index contributed by atoms with van der Waals surface area (Å²) in [5.41, 5.74) is 0. The van der Waals surface area contributed by atoms with E-state index in [4.69, 9.17) is 5.11 Å². The molecule has 0 aliphatic heterocycles. The van der Waals surface area contributed by atoms with Gasteiger partial charge in [-0.3, -0.25) is 4.79 Å². The van der Waals surface area contributed by atoms with Crippen LogP contribution in [0.25, 0.3) is 0 Å². The Morgan fingerprint density at radius 3 is 2.50 bits per heavy atom. The van der Waals surface area contributed by atoms with Gasteiger partial charge in [-0.15, -0.1) is 0 Å². The summed E-state index contributed by atoms with van der Waals surface area (Å²) < 4.78 is 0. The van der Waals surface area contributed by atoms with Crippen LogP contribution in [-0.2, 0) is 9.59 Å². The highest BCUT2D eigenvalue weighted by molar-refractivity contribution is 7.99. The highest BCUT2D eigenvalue weighted by atomic mass is 32.2. The van der Waals surface area contributed by atoms with E-state index < -0.39 is 12.0 Å². The molecule has 14 heavy (non-hydrogen) atoms. The molecule has 0 aliphatic carbocycles. The van der Waals surface area contributed by atoms with Gasteiger partial charge in [0.2, 0.25) is 5.91 Å². The maximum Gasteiger partial charge on any atom is 0.326 e. The second-order valence-corrected chi connectivity index (χ2v) is 4.18. The lowest BCUT2D eigenvalue weighted by Gasteiger charge is -2.21. The van der Waals surface area contributed by atoms with Gasteiger partial charge in [-0.05, 0) is 19.1 Å². The largest absolute Gasteiger partial charge is 0.480 e. The maximum absolute atomic E-state index is 11.4. The SMILES string of the molecule is CCCSCC(=O)N(C)C(C)C(=O)O. The number of carboxylic acid groups (broad SMARTS) is 1. The van der Waals surface area contributed by atoms with Crippen LogP contribution >= 0.6 is 11.8 Å². The standard InChI is InChI=1S/C9H17NO3S/c1-4-5-14-6-8(11)10(3)7(2)9(12)13/h7H,4-6H2,1-3H3,(H,12,13). The number of thioether (sulfide) groups is 1. The topological polar surface area (TPSA) is 57.6 Å². The van der Waals surface area contributed by atoms with Crippen LogP contribution in [0.2, 0.25) is 0 Å². The Labute approximate surface area is 88.7 Å². The average molecular weight is 219 g/mol. The zero-order valence-corrected chi connectivity index (χ0v) is 9.63. The molecule has 0 saturated carbocycles. The molecule has 0 aromatic carbocycles. The van der Waals surface area contributed by atoms with Crippen LogP contribution in [0.15, 0.2) is 0 Å². The van der Waals surface area contributed by atoms with Crippen molar-refractivity contribution in [1.82, 2.24) is 4.90 Å². The smallest absolute Gasteiger partial charge is 0.326 e. The van der Waals surface area contributed by atoms with Crippen molar-refractivity contribution in [2.75, 3.05) is 18.6 Å². The lowest BCUT2D eigenvalue weighted by molar-refractivity contribution is -0.147. The first-order valence-corrected chi connectivity index (χ1v) is 5.72. The summed E-state index contributed by atoms with van der Waals surface area (Å²) >= 11 is 1.53. The Kier molecular flexibility index (Phi) is 6.36. The molecule has 0 heterocycles. The fourth-order valence-corrected chi connectivity index (χ4v) is 1.60. The molecule has 0 aliphatic rings. The fourth-order valence-electron chi connectivity index (χ4n) is 0.787. The van der Waals surface area contributed by atoms with Crippen molar-refractivity contribution >= 4 is 23.6 Å². The average Bonchev–Trinajstić information content (AvgIpc) is 2.15. The monoisotopic (exact) mass is 219 g/mol. The van der Waals surface area contributed by atoms with Gasteiger partial charge in [0.05, 0.1) is 5.75 Å². The summed E-state index contributed by atoms with van der Waals surface area (Å²) in [6.45, 7) is 3.55. The number of aliphatic carboxylic acids is 1. The van der Waals surface area contributed by atoms with E-state index in [1.165, 1.54) is 30.6 Å². The van der Waals surface area contributed by atoms with Crippen LogP contribution in [0.4, 0.5) is 0 Å². The van der Waals surface area contributed by atoms with Gasteiger partial charge in [0.1, 0.15) is 6.04 Å². The second kappa shape index (κ2) is 6.70. The fraction of sp³-hybridized carbons (Fsp3) is 0.778. The van der Waals surface area contributed by atoms with Crippen LogP contribution < -0.4 is 0 Å². The quantitative estimate of drug-likeness (QED) is 0.679. The number of carbonyl (C=O) groups excluding carboxylic acids is 1. The molecule has 5 heteroatoms.